The lowest BCUT2D eigenvalue weighted by Crippen LogP contribution is -2.23. The fourth-order valence-corrected chi connectivity index (χ4v) is 4.37. The number of rotatable bonds is 7. The second-order valence-electron chi connectivity index (χ2n) is 7.78. The Morgan fingerprint density at radius 3 is 2.56 bits per heavy atom. The van der Waals surface area contributed by atoms with Crippen LogP contribution in [0.15, 0.2) is 24.3 Å². The molecular weight excluding hydrogens is 314 g/mol. The van der Waals surface area contributed by atoms with Crippen LogP contribution in [-0.2, 0) is 14.3 Å². The molecule has 1 amide bonds. The van der Waals surface area contributed by atoms with Gasteiger partial charge in [0, 0.05) is 12.1 Å². The maximum atomic E-state index is 12.0. The maximum Gasteiger partial charge on any atom is 0.306 e. The van der Waals surface area contributed by atoms with Crippen LogP contribution in [0.2, 0.25) is 0 Å². The van der Waals surface area contributed by atoms with Crippen molar-refractivity contribution in [1.82, 2.24) is 0 Å². The number of ether oxygens (including phenoxy) is 1. The summed E-state index contributed by atoms with van der Waals surface area (Å²) in [6.07, 6.45) is 6.59. The molecule has 0 spiro atoms. The van der Waals surface area contributed by atoms with E-state index in [4.69, 9.17) is 4.74 Å². The summed E-state index contributed by atoms with van der Waals surface area (Å²) in [7, 11) is 0. The third-order valence-corrected chi connectivity index (χ3v) is 6.05. The Balaban J connectivity index is 1.39. The topological polar surface area (TPSA) is 55.4 Å². The molecule has 136 valence electrons. The summed E-state index contributed by atoms with van der Waals surface area (Å²) in [5, 5.41) is 2.79. The Kier molecular flexibility index (Phi) is 5.77. The lowest BCUT2D eigenvalue weighted by Gasteiger charge is -2.20. The van der Waals surface area contributed by atoms with E-state index >= 15 is 0 Å². The van der Waals surface area contributed by atoms with Crippen molar-refractivity contribution >= 4 is 17.6 Å². The van der Waals surface area contributed by atoms with Crippen LogP contribution >= 0.6 is 0 Å². The van der Waals surface area contributed by atoms with Gasteiger partial charge < -0.3 is 10.1 Å². The van der Waals surface area contributed by atoms with Crippen molar-refractivity contribution in [3.63, 3.8) is 0 Å². The number of amides is 1. The van der Waals surface area contributed by atoms with E-state index < -0.39 is 0 Å². The number of hydrogen-bond acceptors (Lipinski definition) is 3. The van der Waals surface area contributed by atoms with Crippen molar-refractivity contribution < 1.29 is 14.3 Å². The van der Waals surface area contributed by atoms with Crippen molar-refractivity contribution in [1.29, 1.82) is 0 Å². The molecular formula is C21H29NO3. The van der Waals surface area contributed by atoms with Crippen LogP contribution in [0, 0.1) is 17.8 Å². The van der Waals surface area contributed by atoms with Gasteiger partial charge in [0.05, 0.1) is 0 Å². The molecule has 0 saturated heterocycles. The highest BCUT2D eigenvalue weighted by atomic mass is 16.5. The minimum absolute atomic E-state index is 0.202. The van der Waals surface area contributed by atoms with Crippen molar-refractivity contribution in [2.75, 3.05) is 11.9 Å². The van der Waals surface area contributed by atoms with Crippen LogP contribution in [-0.4, -0.2) is 18.5 Å². The fraction of sp³-hybridized carbons (Fsp3) is 0.619. The summed E-state index contributed by atoms with van der Waals surface area (Å²) >= 11 is 0. The standard InChI is InChI=1S/C21H29NO3/c1-3-14(2)16-6-8-19(9-7-16)22-20(23)13-25-21(24)12-18-11-15-4-5-17(18)10-15/h6-9,14-15,17-18H,3-5,10-13H2,1-2H3,(H,22,23)/t14-,15+,17-,18+/m0/s1. The third-order valence-electron chi connectivity index (χ3n) is 6.05. The highest BCUT2D eigenvalue weighted by molar-refractivity contribution is 5.92. The number of hydrogen-bond donors (Lipinski definition) is 1. The summed E-state index contributed by atoms with van der Waals surface area (Å²) in [6, 6.07) is 7.86. The first-order chi connectivity index (χ1) is 12.0. The number of anilines is 1. The lowest BCUT2D eigenvalue weighted by molar-refractivity contribution is -0.148. The Morgan fingerprint density at radius 1 is 1.20 bits per heavy atom. The summed E-state index contributed by atoms with van der Waals surface area (Å²) in [5.41, 5.74) is 2.00. The molecule has 3 rings (SSSR count). The Labute approximate surface area is 150 Å². The molecule has 4 heteroatoms. The van der Waals surface area contributed by atoms with E-state index in [1.807, 2.05) is 24.3 Å². The van der Waals surface area contributed by atoms with Crippen molar-refractivity contribution in [3.05, 3.63) is 29.8 Å². The molecule has 0 radical (unpaired) electrons. The zero-order valence-corrected chi connectivity index (χ0v) is 15.3. The van der Waals surface area contributed by atoms with Crippen molar-refractivity contribution in [3.8, 4) is 0 Å². The van der Waals surface area contributed by atoms with Gasteiger partial charge in [-0.1, -0.05) is 32.4 Å². The summed E-state index contributed by atoms with van der Waals surface area (Å²) in [5.74, 6) is 2.00. The van der Waals surface area contributed by atoms with Crippen molar-refractivity contribution in [2.45, 2.75) is 58.3 Å². The highest BCUT2D eigenvalue weighted by Gasteiger charge is 2.40. The van der Waals surface area contributed by atoms with E-state index in [0.29, 0.717) is 24.2 Å². The van der Waals surface area contributed by atoms with Crippen LogP contribution in [0.4, 0.5) is 5.69 Å². The summed E-state index contributed by atoms with van der Waals surface area (Å²) in [6.45, 7) is 4.14. The van der Waals surface area contributed by atoms with Gasteiger partial charge >= 0.3 is 5.97 Å². The lowest BCUT2D eigenvalue weighted by atomic mass is 9.86. The number of fused-ring (bicyclic) bond motifs is 2. The number of nitrogens with one attached hydrogen (secondary N) is 1. The van der Waals surface area contributed by atoms with Crippen LogP contribution in [0.3, 0.4) is 0 Å². The van der Waals surface area contributed by atoms with Gasteiger partial charge in [0.1, 0.15) is 0 Å². The zero-order chi connectivity index (χ0) is 17.8. The van der Waals surface area contributed by atoms with Gasteiger partial charge in [0.2, 0.25) is 0 Å². The van der Waals surface area contributed by atoms with E-state index in [2.05, 4.69) is 19.2 Å². The Hall–Kier alpha value is -1.84. The molecule has 25 heavy (non-hydrogen) atoms. The zero-order valence-electron chi connectivity index (χ0n) is 15.3. The predicted octanol–water partition coefficient (Wildman–Crippen LogP) is 4.51. The van der Waals surface area contributed by atoms with Gasteiger partial charge in [-0.25, -0.2) is 0 Å². The molecule has 1 aromatic rings. The van der Waals surface area contributed by atoms with Gasteiger partial charge in [-0.2, -0.15) is 0 Å². The SMILES string of the molecule is CC[C@H](C)c1ccc(NC(=O)COC(=O)C[C@H]2C[C@@H]3CC[C@H]2C3)cc1. The van der Waals surface area contributed by atoms with Crippen LogP contribution in [0.5, 0.6) is 0 Å². The molecule has 4 nitrogen and oxygen atoms in total. The monoisotopic (exact) mass is 343 g/mol. The second-order valence-corrected chi connectivity index (χ2v) is 7.78. The quantitative estimate of drug-likeness (QED) is 0.741. The minimum Gasteiger partial charge on any atom is -0.456 e. The minimum atomic E-state index is -0.280. The highest BCUT2D eigenvalue weighted by Crippen LogP contribution is 2.49. The molecule has 2 fully saturated rings. The van der Waals surface area contributed by atoms with Gasteiger partial charge in [-0.05, 0) is 67.1 Å². The van der Waals surface area contributed by atoms with Crippen LogP contribution in [0.1, 0.15) is 63.9 Å². The summed E-state index contributed by atoms with van der Waals surface area (Å²) in [4.78, 5) is 24.0. The average molecular weight is 343 g/mol. The first-order valence-electron chi connectivity index (χ1n) is 9.60. The molecule has 0 unspecified atom stereocenters. The number of carbonyl (C=O) groups excluding carboxylic acids is 2. The summed E-state index contributed by atoms with van der Waals surface area (Å²) < 4.78 is 5.17. The second kappa shape index (κ2) is 8.03. The van der Waals surface area contributed by atoms with Crippen LogP contribution in [0.25, 0.3) is 0 Å². The molecule has 2 aliphatic carbocycles. The normalized spacial score (nSPS) is 25.6. The largest absolute Gasteiger partial charge is 0.456 e. The van der Waals surface area contributed by atoms with E-state index in [-0.39, 0.29) is 18.5 Å². The first-order valence-corrected chi connectivity index (χ1v) is 9.60. The average Bonchev–Trinajstić information content (AvgIpc) is 3.23. The van der Waals surface area contributed by atoms with E-state index in [9.17, 15) is 9.59 Å². The molecule has 0 aliphatic heterocycles. The molecule has 0 heterocycles. The van der Waals surface area contributed by atoms with E-state index in [0.717, 1.165) is 24.4 Å². The number of benzene rings is 1. The molecule has 0 aromatic heterocycles. The van der Waals surface area contributed by atoms with Gasteiger partial charge in [-0.15, -0.1) is 0 Å². The predicted molar refractivity (Wildman–Crippen MR) is 98.3 cm³/mol. The smallest absolute Gasteiger partial charge is 0.306 e. The number of esters is 1. The first kappa shape index (κ1) is 18.0. The third kappa shape index (κ3) is 4.62. The van der Waals surface area contributed by atoms with Gasteiger partial charge in [0.25, 0.3) is 5.91 Å². The molecule has 1 N–H and O–H groups in total. The molecule has 2 aliphatic rings. The molecule has 4 atom stereocenters. The van der Waals surface area contributed by atoms with E-state index in [1.165, 1.54) is 24.8 Å². The number of carbonyl (C=O) groups is 2. The molecule has 2 saturated carbocycles. The molecule has 2 bridgehead atoms. The van der Waals surface area contributed by atoms with Crippen molar-refractivity contribution in [2.24, 2.45) is 17.8 Å². The van der Waals surface area contributed by atoms with Crippen LogP contribution < -0.4 is 5.32 Å². The van der Waals surface area contributed by atoms with Gasteiger partial charge in [0.15, 0.2) is 6.61 Å². The Bertz CT molecular complexity index is 610. The van der Waals surface area contributed by atoms with E-state index in [1.54, 1.807) is 0 Å². The van der Waals surface area contributed by atoms with Gasteiger partial charge in [-0.3, -0.25) is 9.59 Å². The fourth-order valence-electron chi connectivity index (χ4n) is 4.37. The molecule has 1 aromatic carbocycles. The Morgan fingerprint density at radius 2 is 1.96 bits per heavy atom. The maximum absolute atomic E-state index is 12.0.